The van der Waals surface area contributed by atoms with Crippen LogP contribution in [0.3, 0.4) is 0 Å². The van der Waals surface area contributed by atoms with Crippen molar-refractivity contribution >= 4 is 18.3 Å². The highest BCUT2D eigenvalue weighted by atomic mass is 35.5. The predicted molar refractivity (Wildman–Crippen MR) is 83.8 cm³/mol. The summed E-state index contributed by atoms with van der Waals surface area (Å²) in [6, 6.07) is 0.744. The molecule has 2 N–H and O–H groups in total. The highest BCUT2D eigenvalue weighted by Crippen LogP contribution is 2.17. The predicted octanol–water partition coefficient (Wildman–Crippen LogP) is 3.27. The molecule has 3 atom stereocenters. The van der Waals surface area contributed by atoms with Crippen molar-refractivity contribution in [2.24, 2.45) is 5.92 Å². The van der Waals surface area contributed by atoms with E-state index >= 15 is 0 Å². The maximum absolute atomic E-state index is 12.1. The first kappa shape index (κ1) is 18.7. The van der Waals surface area contributed by atoms with Gasteiger partial charge in [-0.05, 0) is 38.6 Å². The van der Waals surface area contributed by atoms with Gasteiger partial charge in [0.1, 0.15) is 0 Å². The Hall–Kier alpha value is -0.280. The van der Waals surface area contributed by atoms with E-state index in [0.717, 1.165) is 19.4 Å². The van der Waals surface area contributed by atoms with Crippen LogP contribution in [0.2, 0.25) is 0 Å². The molecule has 3 unspecified atom stereocenters. The van der Waals surface area contributed by atoms with E-state index < -0.39 is 0 Å². The minimum Gasteiger partial charge on any atom is -0.352 e. The molecule has 1 fully saturated rings. The summed E-state index contributed by atoms with van der Waals surface area (Å²) in [6.45, 7) is 7.65. The average Bonchev–Trinajstić information content (AvgIpc) is 2.37. The van der Waals surface area contributed by atoms with Crippen molar-refractivity contribution in [3.63, 3.8) is 0 Å². The quantitative estimate of drug-likeness (QED) is 0.755. The van der Waals surface area contributed by atoms with Crippen molar-refractivity contribution in [3.05, 3.63) is 0 Å². The summed E-state index contributed by atoms with van der Waals surface area (Å²) in [5, 5.41) is 6.63. The molecule has 1 amide bonds. The van der Waals surface area contributed by atoms with Gasteiger partial charge in [-0.25, -0.2) is 0 Å². The Balaban J connectivity index is 0.00000324. The van der Waals surface area contributed by atoms with Crippen LogP contribution < -0.4 is 10.6 Å². The van der Waals surface area contributed by atoms with Crippen molar-refractivity contribution in [2.75, 3.05) is 6.54 Å². The van der Waals surface area contributed by atoms with Crippen molar-refractivity contribution in [1.29, 1.82) is 0 Å². The Bertz CT molecular complexity index is 248. The van der Waals surface area contributed by atoms with Gasteiger partial charge in [0.05, 0.1) is 0 Å². The molecule has 0 bridgehead atoms. The molecule has 0 aliphatic carbocycles. The van der Waals surface area contributed by atoms with Gasteiger partial charge in [-0.15, -0.1) is 12.4 Å². The van der Waals surface area contributed by atoms with E-state index in [0.29, 0.717) is 24.4 Å². The van der Waals surface area contributed by atoms with Gasteiger partial charge in [0.2, 0.25) is 5.91 Å². The van der Waals surface area contributed by atoms with E-state index in [2.05, 4.69) is 31.4 Å². The zero-order valence-corrected chi connectivity index (χ0v) is 13.5. The van der Waals surface area contributed by atoms with Gasteiger partial charge in [-0.1, -0.05) is 33.1 Å². The van der Waals surface area contributed by atoms with Gasteiger partial charge >= 0.3 is 0 Å². The molecular weight excluding hydrogens is 260 g/mol. The Kier molecular flexibility index (Phi) is 10.3. The molecule has 0 aromatic heterocycles. The number of carbonyl (C=O) groups is 1. The van der Waals surface area contributed by atoms with E-state index in [9.17, 15) is 4.79 Å². The SMILES string of the molecule is CCCCC(CC)CC(=O)NC1CCCNC1C.Cl. The molecule has 0 radical (unpaired) electrons. The third-order valence-electron chi connectivity index (χ3n) is 4.13. The van der Waals surface area contributed by atoms with Gasteiger partial charge in [-0.3, -0.25) is 4.79 Å². The molecule has 4 heteroatoms. The van der Waals surface area contributed by atoms with E-state index in [4.69, 9.17) is 0 Å². The average molecular weight is 291 g/mol. The molecule has 1 rings (SSSR count). The van der Waals surface area contributed by atoms with Crippen LogP contribution in [-0.4, -0.2) is 24.5 Å². The Morgan fingerprint density at radius 3 is 2.74 bits per heavy atom. The number of piperidine rings is 1. The van der Waals surface area contributed by atoms with Gasteiger partial charge in [0.25, 0.3) is 0 Å². The number of hydrogen-bond donors (Lipinski definition) is 2. The lowest BCUT2D eigenvalue weighted by Gasteiger charge is -2.31. The van der Waals surface area contributed by atoms with Crippen molar-refractivity contribution in [3.8, 4) is 0 Å². The number of carbonyl (C=O) groups excluding carboxylic acids is 1. The number of amides is 1. The monoisotopic (exact) mass is 290 g/mol. The van der Waals surface area contributed by atoms with Crippen LogP contribution in [0.25, 0.3) is 0 Å². The molecule has 1 aliphatic rings. The highest BCUT2D eigenvalue weighted by Gasteiger charge is 2.23. The first-order valence-corrected chi connectivity index (χ1v) is 7.70. The van der Waals surface area contributed by atoms with E-state index in [-0.39, 0.29) is 18.3 Å². The van der Waals surface area contributed by atoms with Crippen LogP contribution >= 0.6 is 12.4 Å². The summed E-state index contributed by atoms with van der Waals surface area (Å²) >= 11 is 0. The second-order valence-electron chi connectivity index (χ2n) is 5.68. The topological polar surface area (TPSA) is 41.1 Å². The number of rotatable bonds is 7. The van der Waals surface area contributed by atoms with Gasteiger partial charge < -0.3 is 10.6 Å². The van der Waals surface area contributed by atoms with Gasteiger partial charge in [0, 0.05) is 18.5 Å². The summed E-state index contributed by atoms with van der Waals surface area (Å²) < 4.78 is 0. The fourth-order valence-corrected chi connectivity index (χ4v) is 2.71. The van der Waals surface area contributed by atoms with Crippen molar-refractivity contribution in [1.82, 2.24) is 10.6 Å². The summed E-state index contributed by atoms with van der Waals surface area (Å²) in [4.78, 5) is 12.1. The van der Waals surface area contributed by atoms with Crippen LogP contribution in [0.1, 0.15) is 65.7 Å². The minimum absolute atomic E-state index is 0. The number of nitrogens with one attached hydrogen (secondary N) is 2. The van der Waals surface area contributed by atoms with Gasteiger partial charge in [0.15, 0.2) is 0 Å². The number of hydrogen-bond acceptors (Lipinski definition) is 2. The lowest BCUT2D eigenvalue weighted by atomic mass is 9.94. The standard InChI is InChI=1S/C15H30N2O.ClH/c1-4-6-8-13(5-2)11-15(18)17-14-9-7-10-16-12(14)3;/h12-14,16H,4-11H2,1-3H3,(H,17,18);1H. The molecule has 0 aromatic rings. The van der Waals surface area contributed by atoms with Crippen LogP contribution in [0.15, 0.2) is 0 Å². The Morgan fingerprint density at radius 1 is 1.42 bits per heavy atom. The van der Waals surface area contributed by atoms with Crippen molar-refractivity contribution < 1.29 is 4.79 Å². The number of unbranched alkanes of at least 4 members (excludes halogenated alkanes) is 1. The molecule has 19 heavy (non-hydrogen) atoms. The third-order valence-corrected chi connectivity index (χ3v) is 4.13. The van der Waals surface area contributed by atoms with Crippen LogP contribution in [0.4, 0.5) is 0 Å². The van der Waals surface area contributed by atoms with E-state index in [1.807, 2.05) is 0 Å². The molecule has 0 spiro atoms. The summed E-state index contributed by atoms with van der Waals surface area (Å²) in [6.07, 6.45) is 7.77. The molecule has 1 saturated heterocycles. The first-order chi connectivity index (χ1) is 8.67. The normalized spacial score (nSPS) is 24.4. The smallest absolute Gasteiger partial charge is 0.220 e. The molecular formula is C15H31ClN2O. The molecule has 3 nitrogen and oxygen atoms in total. The van der Waals surface area contributed by atoms with Crippen LogP contribution in [0.5, 0.6) is 0 Å². The molecule has 1 heterocycles. The Morgan fingerprint density at radius 2 is 2.16 bits per heavy atom. The summed E-state index contributed by atoms with van der Waals surface area (Å²) in [5.74, 6) is 0.815. The fourth-order valence-electron chi connectivity index (χ4n) is 2.71. The fraction of sp³-hybridized carbons (Fsp3) is 0.933. The minimum atomic E-state index is 0. The molecule has 0 aromatic carbocycles. The van der Waals surface area contributed by atoms with Gasteiger partial charge in [-0.2, -0.15) is 0 Å². The molecule has 1 aliphatic heterocycles. The maximum Gasteiger partial charge on any atom is 0.220 e. The highest BCUT2D eigenvalue weighted by molar-refractivity contribution is 5.85. The summed E-state index contributed by atoms with van der Waals surface area (Å²) in [5.41, 5.74) is 0. The van der Waals surface area contributed by atoms with E-state index in [1.165, 1.54) is 25.7 Å². The Labute approximate surface area is 124 Å². The van der Waals surface area contributed by atoms with Crippen molar-refractivity contribution in [2.45, 2.75) is 77.8 Å². The van der Waals surface area contributed by atoms with Crippen LogP contribution in [0, 0.1) is 5.92 Å². The van der Waals surface area contributed by atoms with Crippen LogP contribution in [-0.2, 0) is 4.79 Å². The molecule has 114 valence electrons. The lowest BCUT2D eigenvalue weighted by Crippen LogP contribution is -2.52. The largest absolute Gasteiger partial charge is 0.352 e. The number of halogens is 1. The van der Waals surface area contributed by atoms with E-state index in [1.54, 1.807) is 0 Å². The lowest BCUT2D eigenvalue weighted by molar-refractivity contribution is -0.123. The zero-order chi connectivity index (χ0) is 13.4. The summed E-state index contributed by atoms with van der Waals surface area (Å²) in [7, 11) is 0. The molecule has 0 saturated carbocycles. The maximum atomic E-state index is 12.1. The first-order valence-electron chi connectivity index (χ1n) is 7.70. The zero-order valence-electron chi connectivity index (χ0n) is 12.7. The second kappa shape index (κ2) is 10.5. The second-order valence-corrected chi connectivity index (χ2v) is 5.68. The third kappa shape index (κ3) is 7.17.